The van der Waals surface area contributed by atoms with Crippen LogP contribution in [0.4, 0.5) is 5.69 Å². The number of tetrazole rings is 1. The SMILES string of the molecule is CCc1ccc2[nH]c(=O)c([C@@H](c3nnnn3C3CCCCC3)N3CCN(c4cc(Cl)ccc4C)CC3)cc2c1. The van der Waals surface area contributed by atoms with Crippen LogP contribution in [0.15, 0.2) is 47.3 Å². The summed E-state index contributed by atoms with van der Waals surface area (Å²) in [6, 6.07) is 14.3. The van der Waals surface area contributed by atoms with Crippen molar-refractivity contribution in [2.45, 2.75) is 64.5 Å². The van der Waals surface area contributed by atoms with Crippen LogP contribution in [-0.4, -0.2) is 56.3 Å². The summed E-state index contributed by atoms with van der Waals surface area (Å²) in [7, 11) is 0. The Morgan fingerprint density at radius 1 is 1.03 bits per heavy atom. The largest absolute Gasteiger partial charge is 0.369 e. The zero-order valence-electron chi connectivity index (χ0n) is 22.7. The summed E-state index contributed by atoms with van der Waals surface area (Å²) >= 11 is 6.34. The molecule has 2 aromatic carbocycles. The maximum absolute atomic E-state index is 13.6. The van der Waals surface area contributed by atoms with Gasteiger partial charge in [0.1, 0.15) is 6.04 Å². The third kappa shape index (κ3) is 5.20. The molecular formula is C30H36ClN7O. The van der Waals surface area contributed by atoms with Crippen molar-refractivity contribution in [3.63, 3.8) is 0 Å². The van der Waals surface area contributed by atoms with E-state index in [1.807, 2.05) is 22.9 Å². The van der Waals surface area contributed by atoms with Gasteiger partial charge in [0.05, 0.1) is 6.04 Å². The summed E-state index contributed by atoms with van der Waals surface area (Å²) in [5.74, 6) is 0.769. The highest BCUT2D eigenvalue weighted by Crippen LogP contribution is 2.34. The number of rotatable bonds is 6. The second kappa shape index (κ2) is 11.1. The molecule has 39 heavy (non-hydrogen) atoms. The number of hydrogen-bond acceptors (Lipinski definition) is 6. The van der Waals surface area contributed by atoms with Gasteiger partial charge in [-0.25, -0.2) is 4.68 Å². The standard InChI is InChI=1S/C30H36ClN7O/c1-3-21-10-12-26-22(17-21)18-25(30(39)32-26)28(29-33-34-35-38(29)24-7-5-4-6-8-24)37-15-13-36(14-16-37)27-19-23(31)11-9-20(27)2/h9-12,17-19,24,28H,3-8,13-16H2,1-2H3,(H,32,39)/t28-/m0/s1. The van der Waals surface area contributed by atoms with Gasteiger partial charge in [-0.2, -0.15) is 0 Å². The number of nitrogens with one attached hydrogen (secondary N) is 1. The number of pyridine rings is 1. The zero-order valence-corrected chi connectivity index (χ0v) is 23.5. The Labute approximate surface area is 234 Å². The quantitative estimate of drug-likeness (QED) is 0.346. The van der Waals surface area contributed by atoms with Gasteiger partial charge in [-0.15, -0.1) is 5.10 Å². The van der Waals surface area contributed by atoms with E-state index in [-0.39, 0.29) is 17.6 Å². The number of benzene rings is 2. The molecule has 0 spiro atoms. The number of fused-ring (bicyclic) bond motifs is 1. The van der Waals surface area contributed by atoms with Gasteiger partial charge in [-0.3, -0.25) is 9.69 Å². The van der Waals surface area contributed by atoms with E-state index < -0.39 is 0 Å². The third-order valence-electron chi connectivity index (χ3n) is 8.51. The number of aromatic nitrogens is 5. The lowest BCUT2D eigenvalue weighted by Crippen LogP contribution is -2.49. The molecule has 4 aromatic rings. The van der Waals surface area contributed by atoms with Crippen LogP contribution in [0.5, 0.6) is 0 Å². The lowest BCUT2D eigenvalue weighted by molar-refractivity contribution is 0.192. The van der Waals surface area contributed by atoms with Gasteiger partial charge in [0, 0.05) is 48.0 Å². The summed E-state index contributed by atoms with van der Waals surface area (Å²) in [5.41, 5.74) is 5.10. The van der Waals surface area contributed by atoms with Crippen LogP contribution >= 0.6 is 11.6 Å². The van der Waals surface area contributed by atoms with Gasteiger partial charge in [0.15, 0.2) is 5.82 Å². The first-order valence-electron chi connectivity index (χ1n) is 14.2. The van der Waals surface area contributed by atoms with E-state index in [0.29, 0.717) is 5.56 Å². The van der Waals surface area contributed by atoms with Gasteiger partial charge >= 0.3 is 0 Å². The summed E-state index contributed by atoms with van der Waals surface area (Å²) in [6.45, 7) is 7.48. The minimum absolute atomic E-state index is 0.0805. The summed E-state index contributed by atoms with van der Waals surface area (Å²) in [4.78, 5) is 21.6. The highest BCUT2D eigenvalue weighted by molar-refractivity contribution is 6.30. The van der Waals surface area contributed by atoms with Gasteiger partial charge in [0.2, 0.25) is 0 Å². The lowest BCUT2D eigenvalue weighted by Gasteiger charge is -2.40. The van der Waals surface area contributed by atoms with Gasteiger partial charge in [-0.1, -0.05) is 49.9 Å². The van der Waals surface area contributed by atoms with E-state index in [0.717, 1.165) is 67.2 Å². The molecule has 9 heteroatoms. The van der Waals surface area contributed by atoms with Gasteiger partial charge in [-0.05, 0) is 83.5 Å². The van der Waals surface area contributed by atoms with Crippen molar-refractivity contribution in [1.82, 2.24) is 30.1 Å². The second-order valence-corrected chi connectivity index (χ2v) is 11.4. The molecular weight excluding hydrogens is 510 g/mol. The molecule has 1 saturated carbocycles. The monoisotopic (exact) mass is 545 g/mol. The Morgan fingerprint density at radius 3 is 2.59 bits per heavy atom. The zero-order chi connectivity index (χ0) is 26.9. The molecule has 0 radical (unpaired) electrons. The summed E-state index contributed by atoms with van der Waals surface area (Å²) in [6.07, 6.45) is 6.71. The summed E-state index contributed by atoms with van der Waals surface area (Å²) in [5, 5.41) is 15.0. The smallest absolute Gasteiger partial charge is 0.253 e. The fourth-order valence-corrected chi connectivity index (χ4v) is 6.47. The molecule has 2 aliphatic rings. The number of anilines is 1. The fourth-order valence-electron chi connectivity index (χ4n) is 6.31. The maximum atomic E-state index is 13.6. The van der Waals surface area contributed by atoms with Crippen molar-refractivity contribution in [2.75, 3.05) is 31.1 Å². The van der Waals surface area contributed by atoms with Crippen LogP contribution in [0.25, 0.3) is 10.9 Å². The highest BCUT2D eigenvalue weighted by Gasteiger charge is 2.34. The molecule has 2 aromatic heterocycles. The molecule has 6 rings (SSSR count). The Bertz CT molecular complexity index is 1520. The van der Waals surface area contributed by atoms with Gasteiger partial charge in [0.25, 0.3) is 5.56 Å². The number of aryl methyl sites for hydroxylation is 2. The Morgan fingerprint density at radius 2 is 1.82 bits per heavy atom. The normalized spacial score (nSPS) is 18.1. The highest BCUT2D eigenvalue weighted by atomic mass is 35.5. The molecule has 204 valence electrons. The molecule has 1 aliphatic carbocycles. The number of hydrogen-bond donors (Lipinski definition) is 1. The molecule has 0 amide bonds. The molecule has 3 heterocycles. The number of H-pyrrole nitrogens is 1. The molecule has 8 nitrogen and oxygen atoms in total. The van der Waals surface area contributed by atoms with Crippen molar-refractivity contribution >= 4 is 28.2 Å². The molecule has 0 bridgehead atoms. The van der Waals surface area contributed by atoms with E-state index in [9.17, 15) is 4.79 Å². The van der Waals surface area contributed by atoms with E-state index in [1.54, 1.807) is 0 Å². The van der Waals surface area contributed by atoms with Crippen molar-refractivity contribution in [2.24, 2.45) is 0 Å². The average Bonchev–Trinajstić information content (AvgIpc) is 3.45. The van der Waals surface area contributed by atoms with Crippen LogP contribution < -0.4 is 10.5 Å². The molecule has 1 aliphatic heterocycles. The topological polar surface area (TPSA) is 82.9 Å². The van der Waals surface area contributed by atoms with E-state index >= 15 is 0 Å². The first-order chi connectivity index (χ1) is 19.0. The van der Waals surface area contributed by atoms with Crippen molar-refractivity contribution in [1.29, 1.82) is 0 Å². The van der Waals surface area contributed by atoms with Crippen LogP contribution in [-0.2, 0) is 6.42 Å². The Kier molecular flexibility index (Phi) is 7.40. The predicted octanol–water partition coefficient (Wildman–Crippen LogP) is 5.46. The van der Waals surface area contributed by atoms with Crippen LogP contribution in [0.1, 0.15) is 73.6 Å². The van der Waals surface area contributed by atoms with E-state index in [4.69, 9.17) is 11.6 Å². The lowest BCUT2D eigenvalue weighted by atomic mass is 9.95. The first kappa shape index (κ1) is 26.0. The number of piperazine rings is 1. The maximum Gasteiger partial charge on any atom is 0.253 e. The van der Waals surface area contributed by atoms with Crippen LogP contribution in [0.2, 0.25) is 5.02 Å². The van der Waals surface area contributed by atoms with E-state index in [1.165, 1.54) is 36.1 Å². The first-order valence-corrected chi connectivity index (χ1v) is 14.6. The molecule has 1 atom stereocenters. The number of halogens is 1. The van der Waals surface area contributed by atoms with Crippen molar-refractivity contribution in [3.05, 3.63) is 80.4 Å². The minimum atomic E-state index is -0.331. The van der Waals surface area contributed by atoms with Crippen molar-refractivity contribution < 1.29 is 0 Å². The van der Waals surface area contributed by atoms with Crippen LogP contribution in [0, 0.1) is 6.92 Å². The van der Waals surface area contributed by atoms with E-state index in [2.05, 4.69) is 68.4 Å². The molecule has 1 N–H and O–H groups in total. The minimum Gasteiger partial charge on any atom is -0.369 e. The number of aromatic amines is 1. The molecule has 1 saturated heterocycles. The van der Waals surface area contributed by atoms with Crippen molar-refractivity contribution in [3.8, 4) is 0 Å². The molecule has 2 fully saturated rings. The molecule has 0 unspecified atom stereocenters. The second-order valence-electron chi connectivity index (χ2n) is 11.0. The number of nitrogens with zero attached hydrogens (tertiary/aromatic N) is 6. The average molecular weight is 546 g/mol. The fraction of sp³-hybridized carbons (Fsp3) is 0.467. The third-order valence-corrected chi connectivity index (χ3v) is 8.75. The Hall–Kier alpha value is -3.23. The summed E-state index contributed by atoms with van der Waals surface area (Å²) < 4.78 is 2.02. The Balaban J connectivity index is 1.39. The predicted molar refractivity (Wildman–Crippen MR) is 156 cm³/mol. The van der Waals surface area contributed by atoms with Crippen LogP contribution in [0.3, 0.4) is 0 Å². The van der Waals surface area contributed by atoms with Gasteiger partial charge < -0.3 is 9.88 Å².